The van der Waals surface area contributed by atoms with Crippen LogP contribution in [0.15, 0.2) is 0 Å². The maximum absolute atomic E-state index is 10.2. The van der Waals surface area contributed by atoms with E-state index in [1.54, 1.807) is 0 Å². The lowest BCUT2D eigenvalue weighted by molar-refractivity contribution is -0.233. The summed E-state index contributed by atoms with van der Waals surface area (Å²) in [7, 11) is -5.54. The van der Waals surface area contributed by atoms with E-state index in [4.69, 9.17) is 18.0 Å². The molecule has 5 nitrogen and oxygen atoms in total. The highest BCUT2D eigenvalue weighted by Crippen LogP contribution is 2.50. The van der Waals surface area contributed by atoms with Gasteiger partial charge in [0.25, 0.3) is 0 Å². The molecule has 29 heavy (non-hydrogen) atoms. The van der Waals surface area contributed by atoms with E-state index in [-0.39, 0.29) is 42.9 Å². The second-order valence-corrected chi connectivity index (χ2v) is 25.5. The molecule has 0 aromatic heterocycles. The SMILES string of the molecule is C[C@H]1OC(CO)C(O[Si](C)(C)C)C2CCC1C(O[Si](C)(C)C)C2(C)O[Si](C)(C)C. The Balaban J connectivity index is 2.60. The zero-order valence-corrected chi connectivity index (χ0v) is 23.7. The van der Waals surface area contributed by atoms with Crippen molar-refractivity contribution in [1.82, 2.24) is 0 Å². The molecule has 2 saturated heterocycles. The minimum atomic E-state index is -1.87. The van der Waals surface area contributed by atoms with Gasteiger partial charge >= 0.3 is 0 Å². The van der Waals surface area contributed by atoms with Gasteiger partial charge < -0.3 is 23.1 Å². The van der Waals surface area contributed by atoms with Gasteiger partial charge in [-0.15, -0.1) is 0 Å². The molecule has 2 aliphatic heterocycles. The molecule has 0 amide bonds. The number of ether oxygens (including phenoxy) is 1. The van der Waals surface area contributed by atoms with Crippen LogP contribution in [-0.2, 0) is 18.0 Å². The topological polar surface area (TPSA) is 57.2 Å². The quantitative estimate of drug-likeness (QED) is 0.548. The number of hydrogen-bond acceptors (Lipinski definition) is 5. The Bertz CT molecular complexity index is 554. The maximum atomic E-state index is 10.2. The smallest absolute Gasteiger partial charge is 0.184 e. The minimum absolute atomic E-state index is 0.00737. The summed E-state index contributed by atoms with van der Waals surface area (Å²) in [5, 5.41) is 10.2. The van der Waals surface area contributed by atoms with Crippen molar-refractivity contribution in [3.63, 3.8) is 0 Å². The minimum Gasteiger partial charge on any atom is -0.412 e. The third-order valence-electron chi connectivity index (χ3n) is 5.93. The standard InChI is InChI=1S/C21H46O5Si3/c1-15-16-12-13-17(19(18(14-22)23-15)24-27(3,4)5)21(2,26-29(9,10)11)20(16)25-28(6,7)8/h15-20,22H,12-14H2,1-11H3/t15-,16?,17?,18?,19?,20?,21?/m1/s1. The van der Waals surface area contributed by atoms with Gasteiger partial charge in [-0.25, -0.2) is 0 Å². The van der Waals surface area contributed by atoms with Crippen LogP contribution in [0.4, 0.5) is 0 Å². The Morgan fingerprint density at radius 2 is 1.45 bits per heavy atom. The summed E-state index contributed by atoms with van der Waals surface area (Å²) < 4.78 is 27.1. The molecular weight excluding hydrogens is 416 g/mol. The Morgan fingerprint density at radius 3 is 1.90 bits per heavy atom. The van der Waals surface area contributed by atoms with Gasteiger partial charge in [0, 0.05) is 11.8 Å². The number of hydrogen-bond donors (Lipinski definition) is 1. The molecule has 0 aromatic rings. The van der Waals surface area contributed by atoms with Crippen LogP contribution in [0.5, 0.6) is 0 Å². The summed E-state index contributed by atoms with van der Waals surface area (Å²) in [5.74, 6) is 0.407. The van der Waals surface area contributed by atoms with Crippen LogP contribution in [0.25, 0.3) is 0 Å². The highest BCUT2D eigenvalue weighted by Gasteiger charge is 2.59. The van der Waals surface area contributed by atoms with Crippen LogP contribution in [-0.4, -0.2) is 66.7 Å². The highest BCUT2D eigenvalue weighted by molar-refractivity contribution is 6.70. The van der Waals surface area contributed by atoms with Crippen LogP contribution in [0.1, 0.15) is 26.7 Å². The van der Waals surface area contributed by atoms with Gasteiger partial charge in [0.2, 0.25) is 0 Å². The van der Waals surface area contributed by atoms with E-state index >= 15 is 0 Å². The van der Waals surface area contributed by atoms with Crippen LogP contribution in [0, 0.1) is 11.8 Å². The van der Waals surface area contributed by atoms with Gasteiger partial charge in [0.15, 0.2) is 25.0 Å². The zero-order chi connectivity index (χ0) is 22.4. The maximum Gasteiger partial charge on any atom is 0.184 e. The Morgan fingerprint density at radius 1 is 0.897 bits per heavy atom. The summed E-state index contributed by atoms with van der Waals surface area (Å²) in [6.45, 7) is 24.6. The first-order valence-corrected chi connectivity index (χ1v) is 21.5. The van der Waals surface area contributed by atoms with E-state index < -0.39 is 30.6 Å². The predicted octanol–water partition coefficient (Wildman–Crippen LogP) is 4.84. The van der Waals surface area contributed by atoms with Crippen molar-refractivity contribution in [3.05, 3.63) is 0 Å². The van der Waals surface area contributed by atoms with Gasteiger partial charge in [-0.3, -0.25) is 0 Å². The average Bonchev–Trinajstić information content (AvgIpc) is 2.47. The molecule has 0 aromatic carbocycles. The Kier molecular flexibility index (Phi) is 7.77. The average molecular weight is 463 g/mol. The molecule has 8 heteroatoms. The van der Waals surface area contributed by atoms with Crippen LogP contribution >= 0.6 is 0 Å². The molecule has 3 rings (SSSR count). The normalized spacial score (nSPS) is 39.3. The van der Waals surface area contributed by atoms with Crippen LogP contribution in [0.2, 0.25) is 58.9 Å². The van der Waals surface area contributed by atoms with Gasteiger partial charge in [0.05, 0.1) is 30.5 Å². The fraction of sp³-hybridized carbons (Fsp3) is 1.00. The van der Waals surface area contributed by atoms with Crippen LogP contribution < -0.4 is 0 Å². The molecule has 2 bridgehead atoms. The molecular formula is C21H46O5Si3. The third kappa shape index (κ3) is 6.47. The monoisotopic (exact) mass is 462 g/mol. The van der Waals surface area contributed by atoms with Crippen molar-refractivity contribution in [1.29, 1.82) is 0 Å². The largest absolute Gasteiger partial charge is 0.412 e. The molecule has 1 saturated carbocycles. The molecule has 7 atom stereocenters. The Labute approximate surface area is 182 Å². The lowest BCUT2D eigenvalue weighted by atomic mass is 9.64. The molecule has 0 radical (unpaired) electrons. The first-order valence-electron chi connectivity index (χ1n) is 11.3. The van der Waals surface area contributed by atoms with E-state index in [1.807, 2.05) is 0 Å². The van der Waals surface area contributed by atoms with E-state index in [9.17, 15) is 5.11 Å². The van der Waals surface area contributed by atoms with E-state index in [2.05, 4.69) is 72.8 Å². The predicted molar refractivity (Wildman–Crippen MR) is 127 cm³/mol. The fourth-order valence-electron chi connectivity index (χ4n) is 5.22. The molecule has 3 fully saturated rings. The van der Waals surface area contributed by atoms with Crippen molar-refractivity contribution < 1.29 is 23.1 Å². The van der Waals surface area contributed by atoms with Gasteiger partial charge in [-0.1, -0.05) is 0 Å². The van der Waals surface area contributed by atoms with Crippen molar-refractivity contribution in [2.45, 2.75) is 116 Å². The number of aliphatic hydroxyl groups is 1. The highest BCUT2D eigenvalue weighted by atomic mass is 28.4. The van der Waals surface area contributed by atoms with Gasteiger partial charge in [-0.05, 0) is 85.6 Å². The summed E-state index contributed by atoms with van der Waals surface area (Å²) >= 11 is 0. The van der Waals surface area contributed by atoms with E-state index in [1.165, 1.54) is 0 Å². The second kappa shape index (κ2) is 8.77. The van der Waals surface area contributed by atoms with Crippen LogP contribution in [0.3, 0.4) is 0 Å². The second-order valence-electron chi connectivity index (χ2n) is 12.2. The number of fused-ring (bicyclic) bond motifs is 5. The van der Waals surface area contributed by atoms with Crippen molar-refractivity contribution in [2.75, 3.05) is 6.61 Å². The summed E-state index contributed by atoms with van der Waals surface area (Å²) in [5.41, 5.74) is -0.441. The zero-order valence-electron chi connectivity index (χ0n) is 20.7. The lowest BCUT2D eigenvalue weighted by Gasteiger charge is -2.59. The van der Waals surface area contributed by atoms with Crippen molar-refractivity contribution in [3.8, 4) is 0 Å². The molecule has 0 spiro atoms. The molecule has 1 aliphatic carbocycles. The lowest BCUT2D eigenvalue weighted by Crippen LogP contribution is -2.69. The van der Waals surface area contributed by atoms with E-state index in [0.29, 0.717) is 0 Å². The number of rotatable bonds is 7. The first-order chi connectivity index (χ1) is 13.0. The molecule has 2 heterocycles. The van der Waals surface area contributed by atoms with E-state index in [0.717, 1.165) is 12.8 Å². The summed E-state index contributed by atoms with van der Waals surface area (Å²) in [6, 6.07) is 0. The van der Waals surface area contributed by atoms with Crippen molar-refractivity contribution >= 4 is 25.0 Å². The fourth-order valence-corrected chi connectivity index (χ4v) is 9.11. The molecule has 172 valence electrons. The van der Waals surface area contributed by atoms with Gasteiger partial charge in [-0.2, -0.15) is 0 Å². The molecule has 3 aliphatic rings. The number of aliphatic hydroxyl groups excluding tert-OH is 1. The van der Waals surface area contributed by atoms with Gasteiger partial charge in [0.1, 0.15) is 6.10 Å². The Hall–Kier alpha value is 0.451. The van der Waals surface area contributed by atoms with Crippen molar-refractivity contribution in [2.24, 2.45) is 11.8 Å². The third-order valence-corrected chi connectivity index (χ3v) is 8.93. The molecule has 6 unspecified atom stereocenters. The summed E-state index contributed by atoms with van der Waals surface area (Å²) in [4.78, 5) is 0. The first kappa shape index (κ1) is 25.7. The molecule has 1 N–H and O–H groups in total. The summed E-state index contributed by atoms with van der Waals surface area (Å²) in [6.07, 6.45) is 1.56.